The van der Waals surface area contributed by atoms with E-state index in [2.05, 4.69) is 18.4 Å². The van der Waals surface area contributed by atoms with E-state index in [-0.39, 0.29) is 5.88 Å². The number of hydrogen-bond acceptors (Lipinski definition) is 1. The summed E-state index contributed by atoms with van der Waals surface area (Å²) in [5, 5.41) is 9.20. The number of hydrogen-bond donors (Lipinski definition) is 1. The number of halogens is 1. The Morgan fingerprint density at radius 2 is 2.00 bits per heavy atom. The molecule has 1 aromatic heterocycles. The Morgan fingerprint density at radius 1 is 1.44 bits per heavy atom. The predicted molar refractivity (Wildman–Crippen MR) is 65.4 cm³/mol. The smallest absolute Gasteiger partial charge is 0.337 e. The summed E-state index contributed by atoms with van der Waals surface area (Å²) in [5.74, 6) is -0.643. The van der Waals surface area contributed by atoms with Gasteiger partial charge in [-0.25, -0.2) is 4.79 Å². The van der Waals surface area contributed by atoms with Gasteiger partial charge in [0, 0.05) is 23.0 Å². The van der Waals surface area contributed by atoms with E-state index in [1.54, 1.807) is 0 Å². The van der Waals surface area contributed by atoms with E-state index in [4.69, 9.17) is 11.6 Å². The zero-order valence-corrected chi connectivity index (χ0v) is 10.9. The topological polar surface area (TPSA) is 42.2 Å². The Morgan fingerprint density at radius 3 is 2.31 bits per heavy atom. The second kappa shape index (κ2) is 4.91. The standard InChI is InChI=1S/C12H18ClNO2/c1-5-7(2)14-8(3)10(6-13)11(9(14)4)12(15)16/h7H,5-6H2,1-4H3,(H,15,16). The van der Waals surface area contributed by atoms with Crippen molar-refractivity contribution in [3.8, 4) is 0 Å². The minimum Gasteiger partial charge on any atom is -0.478 e. The van der Waals surface area contributed by atoms with Crippen LogP contribution in [0.25, 0.3) is 0 Å². The molecule has 0 saturated heterocycles. The number of alkyl halides is 1. The summed E-state index contributed by atoms with van der Waals surface area (Å²) in [7, 11) is 0. The van der Waals surface area contributed by atoms with E-state index in [0.717, 1.165) is 23.4 Å². The highest BCUT2D eigenvalue weighted by Crippen LogP contribution is 2.28. The van der Waals surface area contributed by atoms with Gasteiger partial charge in [-0.3, -0.25) is 0 Å². The Bertz CT molecular complexity index is 410. The Labute approximate surface area is 101 Å². The van der Waals surface area contributed by atoms with Gasteiger partial charge in [0.2, 0.25) is 0 Å². The van der Waals surface area contributed by atoms with Gasteiger partial charge in [0.05, 0.1) is 11.4 Å². The fraction of sp³-hybridized carbons (Fsp3) is 0.583. The number of carboxylic acids is 1. The predicted octanol–water partition coefficient (Wildman–Crippen LogP) is 3.51. The van der Waals surface area contributed by atoms with E-state index in [0.29, 0.717) is 11.6 Å². The summed E-state index contributed by atoms with van der Waals surface area (Å²) < 4.78 is 2.07. The highest BCUT2D eigenvalue weighted by Gasteiger charge is 2.23. The van der Waals surface area contributed by atoms with Crippen LogP contribution in [0.3, 0.4) is 0 Å². The first-order valence-corrected chi connectivity index (χ1v) is 5.98. The van der Waals surface area contributed by atoms with Crippen molar-refractivity contribution in [1.29, 1.82) is 0 Å². The molecule has 1 heterocycles. The van der Waals surface area contributed by atoms with Gasteiger partial charge in [0.1, 0.15) is 0 Å². The third-order valence-corrected chi connectivity index (χ3v) is 3.47. The van der Waals surface area contributed by atoms with Gasteiger partial charge >= 0.3 is 5.97 Å². The molecule has 0 aliphatic carbocycles. The molecule has 0 saturated carbocycles. The number of carboxylic acid groups (broad SMARTS) is 1. The fourth-order valence-electron chi connectivity index (χ4n) is 2.21. The molecule has 1 N–H and O–H groups in total. The first-order valence-electron chi connectivity index (χ1n) is 5.45. The van der Waals surface area contributed by atoms with Crippen molar-refractivity contribution in [3.63, 3.8) is 0 Å². The SMILES string of the molecule is CCC(C)n1c(C)c(CCl)c(C(=O)O)c1C. The molecule has 0 bridgehead atoms. The van der Waals surface area contributed by atoms with Gasteiger partial charge in [0.15, 0.2) is 0 Å². The van der Waals surface area contributed by atoms with Crippen molar-refractivity contribution in [1.82, 2.24) is 4.57 Å². The van der Waals surface area contributed by atoms with Crippen LogP contribution in [0.5, 0.6) is 0 Å². The molecule has 0 aliphatic rings. The van der Waals surface area contributed by atoms with Crippen LogP contribution in [0.15, 0.2) is 0 Å². The lowest BCUT2D eigenvalue weighted by atomic mass is 10.1. The molecular weight excluding hydrogens is 226 g/mol. The molecule has 1 aromatic rings. The molecule has 0 aliphatic heterocycles. The molecule has 90 valence electrons. The zero-order chi connectivity index (χ0) is 12.5. The van der Waals surface area contributed by atoms with Crippen LogP contribution in [0.2, 0.25) is 0 Å². The summed E-state index contributed by atoms with van der Waals surface area (Å²) in [6.07, 6.45) is 0.969. The van der Waals surface area contributed by atoms with Gasteiger partial charge < -0.3 is 9.67 Å². The van der Waals surface area contributed by atoms with E-state index in [9.17, 15) is 9.90 Å². The Hall–Kier alpha value is -0.960. The first-order chi connectivity index (χ1) is 7.45. The quantitative estimate of drug-likeness (QED) is 0.823. The normalized spacial score (nSPS) is 12.8. The maximum absolute atomic E-state index is 11.2. The second-order valence-electron chi connectivity index (χ2n) is 4.09. The maximum Gasteiger partial charge on any atom is 0.337 e. The average Bonchev–Trinajstić information content (AvgIpc) is 2.48. The van der Waals surface area contributed by atoms with Gasteiger partial charge in [0.25, 0.3) is 0 Å². The molecule has 0 aromatic carbocycles. The number of aromatic carboxylic acids is 1. The largest absolute Gasteiger partial charge is 0.478 e. The summed E-state index contributed by atoms with van der Waals surface area (Å²) in [6.45, 7) is 7.95. The zero-order valence-electron chi connectivity index (χ0n) is 10.2. The summed E-state index contributed by atoms with van der Waals surface area (Å²) in [4.78, 5) is 11.2. The molecule has 16 heavy (non-hydrogen) atoms. The second-order valence-corrected chi connectivity index (χ2v) is 4.36. The molecular formula is C12H18ClNO2. The highest BCUT2D eigenvalue weighted by molar-refractivity contribution is 6.17. The third kappa shape index (κ3) is 1.96. The molecule has 0 spiro atoms. The van der Waals surface area contributed by atoms with Crippen molar-refractivity contribution < 1.29 is 9.90 Å². The molecule has 1 atom stereocenters. The van der Waals surface area contributed by atoms with Crippen LogP contribution < -0.4 is 0 Å². The van der Waals surface area contributed by atoms with Crippen molar-refractivity contribution in [2.45, 2.75) is 46.0 Å². The van der Waals surface area contributed by atoms with Gasteiger partial charge in [-0.1, -0.05) is 6.92 Å². The number of carbonyl (C=O) groups is 1. The maximum atomic E-state index is 11.2. The summed E-state index contributed by atoms with van der Waals surface area (Å²) in [5.41, 5.74) is 2.88. The Kier molecular flexibility index (Phi) is 4.03. The molecule has 0 fully saturated rings. The molecule has 1 unspecified atom stereocenters. The van der Waals surface area contributed by atoms with E-state index >= 15 is 0 Å². The first kappa shape index (κ1) is 13.1. The van der Waals surface area contributed by atoms with E-state index < -0.39 is 5.97 Å². The lowest BCUT2D eigenvalue weighted by molar-refractivity contribution is 0.0695. The van der Waals surface area contributed by atoms with E-state index in [1.807, 2.05) is 13.8 Å². The molecule has 3 nitrogen and oxygen atoms in total. The van der Waals surface area contributed by atoms with Gasteiger partial charge in [-0.15, -0.1) is 11.6 Å². The molecule has 0 amide bonds. The van der Waals surface area contributed by atoms with Crippen molar-refractivity contribution in [2.24, 2.45) is 0 Å². The highest BCUT2D eigenvalue weighted by atomic mass is 35.5. The number of nitrogens with zero attached hydrogens (tertiary/aromatic N) is 1. The Balaban J connectivity index is 3.47. The fourth-order valence-corrected chi connectivity index (χ4v) is 2.53. The van der Waals surface area contributed by atoms with Crippen LogP contribution in [-0.4, -0.2) is 15.6 Å². The number of rotatable bonds is 4. The molecule has 4 heteroatoms. The third-order valence-electron chi connectivity index (χ3n) is 3.20. The van der Waals surface area contributed by atoms with Gasteiger partial charge in [-0.05, 0) is 27.2 Å². The van der Waals surface area contributed by atoms with Crippen LogP contribution in [0, 0.1) is 13.8 Å². The molecule has 0 radical (unpaired) electrons. The van der Waals surface area contributed by atoms with E-state index in [1.165, 1.54) is 0 Å². The van der Waals surface area contributed by atoms with Crippen LogP contribution >= 0.6 is 11.6 Å². The van der Waals surface area contributed by atoms with Crippen molar-refractivity contribution in [2.75, 3.05) is 0 Å². The monoisotopic (exact) mass is 243 g/mol. The minimum atomic E-state index is -0.890. The summed E-state index contributed by atoms with van der Waals surface area (Å²) in [6, 6.07) is 0.301. The van der Waals surface area contributed by atoms with Crippen molar-refractivity contribution >= 4 is 17.6 Å². The molecule has 1 rings (SSSR count). The average molecular weight is 244 g/mol. The number of aromatic nitrogens is 1. The van der Waals surface area contributed by atoms with Crippen LogP contribution in [-0.2, 0) is 5.88 Å². The van der Waals surface area contributed by atoms with Crippen LogP contribution in [0.1, 0.15) is 53.6 Å². The summed E-state index contributed by atoms with van der Waals surface area (Å²) >= 11 is 5.84. The minimum absolute atomic E-state index is 0.248. The van der Waals surface area contributed by atoms with Gasteiger partial charge in [-0.2, -0.15) is 0 Å². The van der Waals surface area contributed by atoms with Crippen molar-refractivity contribution in [3.05, 3.63) is 22.5 Å². The lowest BCUT2D eigenvalue weighted by Crippen LogP contribution is -2.08. The van der Waals surface area contributed by atoms with Crippen LogP contribution in [0.4, 0.5) is 0 Å². The lowest BCUT2D eigenvalue weighted by Gasteiger charge is -2.16.